The van der Waals surface area contributed by atoms with E-state index in [9.17, 15) is 4.79 Å². The molecule has 0 radical (unpaired) electrons. The quantitative estimate of drug-likeness (QED) is 0.802. The van der Waals surface area contributed by atoms with Gasteiger partial charge in [0.15, 0.2) is 0 Å². The molecule has 1 aromatic heterocycles. The number of aromatic nitrogens is 2. The van der Waals surface area contributed by atoms with Crippen molar-refractivity contribution in [3.63, 3.8) is 0 Å². The van der Waals surface area contributed by atoms with Gasteiger partial charge in [0.25, 0.3) is 0 Å². The molecule has 1 aliphatic carbocycles. The van der Waals surface area contributed by atoms with Crippen molar-refractivity contribution in [3.8, 4) is 0 Å². The summed E-state index contributed by atoms with van der Waals surface area (Å²) in [7, 11) is 0. The van der Waals surface area contributed by atoms with Crippen LogP contribution in [0.5, 0.6) is 0 Å². The van der Waals surface area contributed by atoms with Gasteiger partial charge in [-0.15, -0.1) is 0 Å². The van der Waals surface area contributed by atoms with Crippen LogP contribution in [0.2, 0.25) is 0 Å². The molecule has 1 saturated carbocycles. The molecule has 5 nitrogen and oxygen atoms in total. The lowest BCUT2D eigenvalue weighted by molar-refractivity contribution is 0.255. The molecular formula is C16H20N4O. The van der Waals surface area contributed by atoms with E-state index >= 15 is 0 Å². The first-order chi connectivity index (χ1) is 10.2. The highest BCUT2D eigenvalue weighted by Crippen LogP contribution is 2.30. The topological polar surface area (TPSA) is 69.8 Å². The molecule has 2 aromatic rings. The van der Waals surface area contributed by atoms with Crippen molar-refractivity contribution in [2.75, 3.05) is 5.32 Å². The monoisotopic (exact) mass is 284 g/mol. The van der Waals surface area contributed by atoms with Gasteiger partial charge in [-0.25, -0.2) is 9.78 Å². The number of imidazole rings is 1. The van der Waals surface area contributed by atoms with Crippen LogP contribution in [0.25, 0.3) is 11.0 Å². The first-order valence-electron chi connectivity index (χ1n) is 7.40. The van der Waals surface area contributed by atoms with Crippen LogP contribution in [-0.2, 0) is 0 Å². The Kier molecular flexibility index (Phi) is 3.90. The minimum Gasteiger partial charge on any atom is -0.345 e. The van der Waals surface area contributed by atoms with Crippen molar-refractivity contribution in [2.45, 2.75) is 32.6 Å². The maximum absolute atomic E-state index is 11.9. The Morgan fingerprint density at radius 2 is 2.19 bits per heavy atom. The average Bonchev–Trinajstić information content (AvgIpc) is 3.15. The summed E-state index contributed by atoms with van der Waals surface area (Å²) in [4.78, 5) is 19.1. The van der Waals surface area contributed by atoms with E-state index in [1.165, 1.54) is 31.3 Å². The number of amides is 2. The van der Waals surface area contributed by atoms with Crippen molar-refractivity contribution in [1.29, 1.82) is 0 Å². The number of carbonyl (C=O) groups is 1. The van der Waals surface area contributed by atoms with Crippen LogP contribution in [0.4, 0.5) is 10.5 Å². The molecule has 110 valence electrons. The van der Waals surface area contributed by atoms with Crippen LogP contribution in [0.15, 0.2) is 36.3 Å². The number of allylic oxidation sites excluding steroid dienone is 1. The fourth-order valence-corrected chi connectivity index (χ4v) is 2.86. The van der Waals surface area contributed by atoms with Crippen molar-refractivity contribution < 1.29 is 4.79 Å². The van der Waals surface area contributed by atoms with E-state index in [1.807, 2.05) is 24.4 Å². The van der Waals surface area contributed by atoms with E-state index in [1.54, 1.807) is 6.33 Å². The number of carbonyl (C=O) groups excluding carboxylic acids is 1. The molecule has 0 bridgehead atoms. The molecule has 0 spiro atoms. The number of hydrogen-bond acceptors (Lipinski definition) is 2. The molecule has 1 aromatic carbocycles. The zero-order chi connectivity index (χ0) is 14.7. The third-order valence-electron chi connectivity index (χ3n) is 4.11. The summed E-state index contributed by atoms with van der Waals surface area (Å²) in [5, 5.41) is 5.64. The number of urea groups is 1. The van der Waals surface area contributed by atoms with Gasteiger partial charge in [0.2, 0.25) is 0 Å². The number of H-pyrrole nitrogens is 1. The third kappa shape index (κ3) is 3.24. The summed E-state index contributed by atoms with van der Waals surface area (Å²) in [5.41, 5.74) is 3.80. The van der Waals surface area contributed by atoms with Crippen molar-refractivity contribution in [1.82, 2.24) is 15.3 Å². The second kappa shape index (κ2) is 5.99. The zero-order valence-corrected chi connectivity index (χ0v) is 12.1. The number of rotatable bonds is 3. The van der Waals surface area contributed by atoms with Gasteiger partial charge in [-0.2, -0.15) is 0 Å². The smallest absolute Gasteiger partial charge is 0.323 e. The Hall–Kier alpha value is -2.30. The Morgan fingerprint density at radius 3 is 3.00 bits per heavy atom. The first kappa shape index (κ1) is 13.7. The number of hydrogen-bond donors (Lipinski definition) is 3. The Labute approximate surface area is 123 Å². The number of benzene rings is 1. The van der Waals surface area contributed by atoms with Gasteiger partial charge >= 0.3 is 6.03 Å². The highest BCUT2D eigenvalue weighted by Gasteiger charge is 2.16. The molecule has 0 unspecified atom stereocenters. The summed E-state index contributed by atoms with van der Waals surface area (Å²) >= 11 is 0. The van der Waals surface area contributed by atoms with Crippen LogP contribution < -0.4 is 10.6 Å². The maximum atomic E-state index is 11.9. The minimum atomic E-state index is -0.216. The molecule has 1 fully saturated rings. The second-order valence-corrected chi connectivity index (χ2v) is 5.60. The van der Waals surface area contributed by atoms with Gasteiger partial charge in [0.05, 0.1) is 17.4 Å². The fraction of sp³-hybridized carbons (Fsp3) is 0.375. The standard InChI is InChI=1S/C16H20N4O/c1-11(12-4-2-3-5-12)9-17-16(21)20-13-6-7-14-15(8-13)19-10-18-14/h6-10,12H,2-5H2,1H3,(H,18,19)(H2,17,20,21)/b11-9+. The van der Waals surface area contributed by atoms with Gasteiger partial charge in [0.1, 0.15) is 0 Å². The Bertz CT molecular complexity index is 668. The highest BCUT2D eigenvalue weighted by molar-refractivity contribution is 5.92. The fourth-order valence-electron chi connectivity index (χ4n) is 2.86. The highest BCUT2D eigenvalue weighted by atomic mass is 16.2. The van der Waals surface area contributed by atoms with E-state index in [2.05, 4.69) is 27.5 Å². The molecule has 5 heteroatoms. The first-order valence-corrected chi connectivity index (χ1v) is 7.40. The van der Waals surface area contributed by atoms with Crippen LogP contribution in [-0.4, -0.2) is 16.0 Å². The van der Waals surface area contributed by atoms with E-state index in [4.69, 9.17) is 0 Å². The molecule has 0 atom stereocenters. The molecular weight excluding hydrogens is 264 g/mol. The Balaban J connectivity index is 1.59. The maximum Gasteiger partial charge on any atom is 0.323 e. The van der Waals surface area contributed by atoms with Gasteiger partial charge in [-0.05, 0) is 43.9 Å². The zero-order valence-electron chi connectivity index (χ0n) is 12.1. The predicted octanol–water partition coefficient (Wildman–Crippen LogP) is 3.78. The summed E-state index contributed by atoms with van der Waals surface area (Å²) < 4.78 is 0. The normalized spacial score (nSPS) is 16.3. The minimum absolute atomic E-state index is 0.216. The number of aromatic amines is 1. The molecule has 3 rings (SSSR count). The summed E-state index contributed by atoms with van der Waals surface area (Å²) in [6.07, 6.45) is 8.55. The van der Waals surface area contributed by atoms with Crippen LogP contribution >= 0.6 is 0 Å². The predicted molar refractivity (Wildman–Crippen MR) is 84.0 cm³/mol. The van der Waals surface area contributed by atoms with E-state index in [0.29, 0.717) is 5.92 Å². The van der Waals surface area contributed by atoms with Crippen molar-refractivity contribution >= 4 is 22.8 Å². The molecule has 21 heavy (non-hydrogen) atoms. The average molecular weight is 284 g/mol. The lowest BCUT2D eigenvalue weighted by Crippen LogP contribution is -2.24. The molecule has 0 aliphatic heterocycles. The van der Waals surface area contributed by atoms with Gasteiger partial charge in [-0.1, -0.05) is 18.4 Å². The van der Waals surface area contributed by atoms with Gasteiger partial charge in [0, 0.05) is 11.9 Å². The van der Waals surface area contributed by atoms with Gasteiger partial charge in [-0.3, -0.25) is 0 Å². The van der Waals surface area contributed by atoms with E-state index in [0.717, 1.165) is 16.7 Å². The van der Waals surface area contributed by atoms with E-state index in [-0.39, 0.29) is 6.03 Å². The Morgan fingerprint density at radius 1 is 1.38 bits per heavy atom. The van der Waals surface area contributed by atoms with E-state index < -0.39 is 0 Å². The number of fused-ring (bicyclic) bond motifs is 1. The lowest BCUT2D eigenvalue weighted by Gasteiger charge is -2.10. The lowest BCUT2D eigenvalue weighted by atomic mass is 10.0. The van der Waals surface area contributed by atoms with Crippen LogP contribution in [0.1, 0.15) is 32.6 Å². The van der Waals surface area contributed by atoms with Crippen molar-refractivity contribution in [3.05, 3.63) is 36.3 Å². The van der Waals surface area contributed by atoms with Crippen LogP contribution in [0, 0.1) is 5.92 Å². The second-order valence-electron chi connectivity index (χ2n) is 5.60. The molecule has 2 amide bonds. The summed E-state index contributed by atoms with van der Waals surface area (Å²) in [6.45, 7) is 2.09. The molecule has 0 saturated heterocycles. The SMILES string of the molecule is C/C(=C\NC(=O)Nc1ccc2nc[nH]c2c1)C1CCCC1. The molecule has 1 heterocycles. The summed E-state index contributed by atoms with van der Waals surface area (Å²) in [5.74, 6) is 0.631. The number of anilines is 1. The largest absolute Gasteiger partial charge is 0.345 e. The molecule has 3 N–H and O–H groups in total. The molecule has 1 aliphatic rings. The van der Waals surface area contributed by atoms with Crippen molar-refractivity contribution in [2.24, 2.45) is 5.92 Å². The number of nitrogens with one attached hydrogen (secondary N) is 3. The van der Waals surface area contributed by atoms with Crippen LogP contribution in [0.3, 0.4) is 0 Å². The third-order valence-corrected chi connectivity index (χ3v) is 4.11. The number of nitrogens with zero attached hydrogens (tertiary/aromatic N) is 1. The summed E-state index contributed by atoms with van der Waals surface area (Å²) in [6, 6.07) is 5.37. The van der Waals surface area contributed by atoms with Gasteiger partial charge < -0.3 is 15.6 Å².